The number of hydrogen-bond acceptors (Lipinski definition) is 3. The summed E-state index contributed by atoms with van der Waals surface area (Å²) in [6, 6.07) is 2.14. The van der Waals surface area contributed by atoms with E-state index in [9.17, 15) is 22.4 Å². The number of halogens is 5. The van der Waals surface area contributed by atoms with E-state index >= 15 is 0 Å². The van der Waals surface area contributed by atoms with Gasteiger partial charge in [-0.1, -0.05) is 13.0 Å². The zero-order chi connectivity index (χ0) is 23.8. The Labute approximate surface area is 198 Å². The van der Waals surface area contributed by atoms with E-state index < -0.39 is 35.3 Å². The van der Waals surface area contributed by atoms with E-state index in [-0.39, 0.29) is 12.0 Å². The smallest absolute Gasteiger partial charge is 0.416 e. The van der Waals surface area contributed by atoms with Crippen LogP contribution < -0.4 is 0 Å². The molecule has 0 saturated heterocycles. The Balaban J connectivity index is 1.91. The highest BCUT2D eigenvalue weighted by Gasteiger charge is 2.37. The molecule has 0 bridgehead atoms. The van der Waals surface area contributed by atoms with Crippen LogP contribution in [0.4, 0.5) is 22.4 Å². The molecule has 1 aliphatic rings. The molecule has 1 aromatic carbocycles. The lowest BCUT2D eigenvalue weighted by Gasteiger charge is -2.38. The first-order chi connectivity index (χ1) is 14.8. The Morgan fingerprint density at radius 1 is 1.25 bits per heavy atom. The maximum atomic E-state index is 14.4. The second-order valence-electron chi connectivity index (χ2n) is 8.74. The predicted octanol–water partition coefficient (Wildman–Crippen LogP) is 6.13. The molecule has 1 unspecified atom stereocenters. The zero-order valence-corrected chi connectivity index (χ0v) is 20.6. The van der Waals surface area contributed by atoms with Crippen molar-refractivity contribution in [2.75, 3.05) is 6.54 Å². The number of rotatable bonds is 4. The summed E-state index contributed by atoms with van der Waals surface area (Å²) < 4.78 is 61.4. The van der Waals surface area contributed by atoms with Gasteiger partial charge in [-0.3, -0.25) is 4.90 Å². The molecule has 3 rings (SSSR count). The molecule has 2 heterocycles. The first kappa shape index (κ1) is 24.8. The molecule has 2 aromatic rings. The summed E-state index contributed by atoms with van der Waals surface area (Å²) >= 11 is 2.13. The van der Waals surface area contributed by atoms with Gasteiger partial charge in [-0.25, -0.2) is 14.2 Å². The number of imidazole rings is 1. The summed E-state index contributed by atoms with van der Waals surface area (Å²) in [4.78, 5) is 19.2. The molecule has 0 radical (unpaired) electrons. The van der Waals surface area contributed by atoms with Gasteiger partial charge in [-0.15, -0.1) is 0 Å². The van der Waals surface area contributed by atoms with Crippen LogP contribution in [-0.4, -0.2) is 32.7 Å². The van der Waals surface area contributed by atoms with Gasteiger partial charge in [0.15, 0.2) is 0 Å². The summed E-state index contributed by atoms with van der Waals surface area (Å²) in [7, 11) is 0. The Morgan fingerprint density at radius 2 is 1.94 bits per heavy atom. The summed E-state index contributed by atoms with van der Waals surface area (Å²) in [5, 5.41) is 0. The van der Waals surface area contributed by atoms with Crippen LogP contribution in [0.25, 0.3) is 0 Å². The molecule has 0 saturated carbocycles. The second kappa shape index (κ2) is 9.18. The van der Waals surface area contributed by atoms with Crippen molar-refractivity contribution in [3.63, 3.8) is 0 Å². The molecule has 1 aromatic heterocycles. The highest BCUT2D eigenvalue weighted by molar-refractivity contribution is 14.1. The molecule has 176 valence electrons. The lowest BCUT2D eigenvalue weighted by Crippen LogP contribution is -2.45. The standard InChI is InChI=1S/C22H26F4IN3O2/c1-5-17-28-19(27)18-16(29(10-11-30(17)18)20(31)32-21(2,3)4)9-7-13-6-8-14(12-15(13)23)22(24,25)26/h6,8,12,16H,5,7,9-11H2,1-4H3. The minimum Gasteiger partial charge on any atom is -0.444 e. The predicted molar refractivity (Wildman–Crippen MR) is 120 cm³/mol. The summed E-state index contributed by atoms with van der Waals surface area (Å²) in [6.45, 7) is 8.32. The van der Waals surface area contributed by atoms with Crippen LogP contribution in [0.3, 0.4) is 0 Å². The third-order valence-corrected chi connectivity index (χ3v) is 6.10. The average molecular weight is 567 g/mol. The van der Waals surface area contributed by atoms with Gasteiger partial charge in [0.2, 0.25) is 0 Å². The number of ether oxygens (including phenoxy) is 1. The van der Waals surface area contributed by atoms with Crippen LogP contribution in [0.5, 0.6) is 0 Å². The van der Waals surface area contributed by atoms with Crippen molar-refractivity contribution < 1.29 is 27.1 Å². The molecule has 0 aliphatic carbocycles. The number of carbonyl (C=O) groups is 1. The van der Waals surface area contributed by atoms with Crippen LogP contribution in [0, 0.1) is 9.52 Å². The van der Waals surface area contributed by atoms with E-state index in [1.54, 1.807) is 25.7 Å². The minimum absolute atomic E-state index is 0.163. The number of alkyl halides is 3. The normalized spacial score (nSPS) is 16.8. The minimum atomic E-state index is -4.60. The molecule has 0 fully saturated rings. The van der Waals surface area contributed by atoms with Crippen molar-refractivity contribution in [1.29, 1.82) is 0 Å². The quantitative estimate of drug-likeness (QED) is 0.330. The van der Waals surface area contributed by atoms with Crippen molar-refractivity contribution in [2.45, 2.75) is 71.3 Å². The molecule has 0 spiro atoms. The van der Waals surface area contributed by atoms with Gasteiger partial charge in [-0.2, -0.15) is 13.2 Å². The maximum Gasteiger partial charge on any atom is 0.416 e. The molecular weight excluding hydrogens is 541 g/mol. The summed E-state index contributed by atoms with van der Waals surface area (Å²) in [5.74, 6) is -0.00384. The highest BCUT2D eigenvalue weighted by atomic mass is 127. The zero-order valence-electron chi connectivity index (χ0n) is 18.4. The van der Waals surface area contributed by atoms with Crippen LogP contribution in [0.2, 0.25) is 0 Å². The van der Waals surface area contributed by atoms with E-state index in [2.05, 4.69) is 32.1 Å². The monoisotopic (exact) mass is 567 g/mol. The van der Waals surface area contributed by atoms with Crippen molar-refractivity contribution >= 4 is 28.7 Å². The summed E-state index contributed by atoms with van der Waals surface area (Å²) in [6.07, 6.45) is -3.86. The van der Waals surface area contributed by atoms with Crippen LogP contribution in [0.1, 0.15) is 62.8 Å². The van der Waals surface area contributed by atoms with Crippen molar-refractivity contribution in [3.05, 3.63) is 50.4 Å². The largest absolute Gasteiger partial charge is 0.444 e. The average Bonchev–Trinajstić information content (AvgIpc) is 3.00. The fraction of sp³-hybridized carbons (Fsp3) is 0.545. The van der Waals surface area contributed by atoms with E-state index in [1.165, 1.54) is 6.07 Å². The van der Waals surface area contributed by atoms with Gasteiger partial charge in [0.05, 0.1) is 17.3 Å². The van der Waals surface area contributed by atoms with Gasteiger partial charge < -0.3 is 9.30 Å². The van der Waals surface area contributed by atoms with Gasteiger partial charge >= 0.3 is 12.3 Å². The third-order valence-electron chi connectivity index (χ3n) is 5.31. The topological polar surface area (TPSA) is 47.4 Å². The molecule has 10 heteroatoms. The number of amides is 1. The van der Waals surface area contributed by atoms with Crippen LogP contribution in [0.15, 0.2) is 18.2 Å². The molecule has 32 heavy (non-hydrogen) atoms. The van der Waals surface area contributed by atoms with Gasteiger partial charge in [0.1, 0.15) is 20.9 Å². The number of aromatic nitrogens is 2. The lowest BCUT2D eigenvalue weighted by atomic mass is 9.99. The fourth-order valence-electron chi connectivity index (χ4n) is 3.88. The Bertz CT molecular complexity index is 998. The molecule has 0 N–H and O–H groups in total. The fourth-order valence-corrected chi connectivity index (χ4v) is 4.81. The van der Waals surface area contributed by atoms with Gasteiger partial charge in [0.25, 0.3) is 0 Å². The van der Waals surface area contributed by atoms with Crippen LogP contribution in [-0.2, 0) is 30.3 Å². The van der Waals surface area contributed by atoms with E-state index in [1.807, 2.05) is 6.92 Å². The highest BCUT2D eigenvalue weighted by Crippen LogP contribution is 2.36. The van der Waals surface area contributed by atoms with Crippen LogP contribution >= 0.6 is 22.6 Å². The first-order valence-electron chi connectivity index (χ1n) is 10.4. The molecule has 1 aliphatic heterocycles. The number of nitrogens with zero attached hydrogens (tertiary/aromatic N) is 3. The van der Waals surface area contributed by atoms with E-state index in [0.717, 1.165) is 27.7 Å². The Kier molecular flexibility index (Phi) is 7.11. The Morgan fingerprint density at radius 3 is 2.50 bits per heavy atom. The Hall–Kier alpha value is -1.85. The lowest BCUT2D eigenvalue weighted by molar-refractivity contribution is -0.137. The maximum absolute atomic E-state index is 14.4. The van der Waals surface area contributed by atoms with E-state index in [4.69, 9.17) is 4.74 Å². The number of hydrogen-bond donors (Lipinski definition) is 0. The van der Waals surface area contributed by atoms with Crippen molar-refractivity contribution in [3.8, 4) is 0 Å². The summed E-state index contributed by atoms with van der Waals surface area (Å²) in [5.41, 5.74) is -0.677. The molecule has 1 amide bonds. The number of fused-ring (bicyclic) bond motifs is 1. The third kappa shape index (κ3) is 5.37. The number of carbonyl (C=O) groups excluding carboxylic acids is 1. The van der Waals surface area contributed by atoms with Crippen molar-refractivity contribution in [2.24, 2.45) is 0 Å². The van der Waals surface area contributed by atoms with E-state index in [0.29, 0.717) is 25.6 Å². The molecule has 5 nitrogen and oxygen atoms in total. The SMILES string of the molecule is CCc1nc(I)c2n1CCN(C(=O)OC(C)(C)C)C2CCc1ccc(C(F)(F)F)cc1F. The second-order valence-corrected chi connectivity index (χ2v) is 9.76. The van der Waals surface area contributed by atoms with Crippen molar-refractivity contribution in [1.82, 2.24) is 14.5 Å². The van der Waals surface area contributed by atoms with Gasteiger partial charge in [0, 0.05) is 19.5 Å². The first-order valence-corrected chi connectivity index (χ1v) is 11.5. The van der Waals surface area contributed by atoms with Gasteiger partial charge in [-0.05, 0) is 73.9 Å². The molecule has 1 atom stereocenters. The number of benzene rings is 1. The number of aryl methyl sites for hydroxylation is 2. The molecular formula is C22H26F4IN3O2.